The molecule has 0 amide bonds. The van der Waals surface area contributed by atoms with Gasteiger partial charge in [-0.05, 0) is 19.4 Å². The van der Waals surface area contributed by atoms with E-state index in [1.165, 1.54) is 6.08 Å². The van der Waals surface area contributed by atoms with Crippen LogP contribution in [-0.2, 0) is 0 Å². The molecule has 13 heavy (non-hydrogen) atoms. The van der Waals surface area contributed by atoms with E-state index in [0.29, 0.717) is 0 Å². The number of halogens is 1. The molecule has 0 aromatic carbocycles. The van der Waals surface area contributed by atoms with Gasteiger partial charge < -0.3 is 0 Å². The van der Waals surface area contributed by atoms with Crippen LogP contribution in [0, 0.1) is 12.3 Å². The molecule has 0 N–H and O–H groups in total. The molecule has 0 unspecified atom stereocenters. The first kappa shape index (κ1) is 11.7. The standard InChI is InChI=1S/C12H15F/c1-4-7-11(6-3)9-10-12(13)8-5-2/h2,6,8-10H,4,7H2,1,3H3/b10-9-,11-6-,12-8-. The van der Waals surface area contributed by atoms with Gasteiger partial charge in [0, 0.05) is 6.08 Å². The van der Waals surface area contributed by atoms with E-state index in [0.717, 1.165) is 24.5 Å². The Kier molecular flexibility index (Phi) is 6.63. The van der Waals surface area contributed by atoms with Crippen LogP contribution in [0.3, 0.4) is 0 Å². The maximum Gasteiger partial charge on any atom is 0.131 e. The molecule has 0 spiro atoms. The molecule has 0 bridgehead atoms. The number of terminal acetylenes is 1. The molecule has 0 aliphatic heterocycles. The zero-order valence-corrected chi connectivity index (χ0v) is 8.18. The maximum atomic E-state index is 12.7. The van der Waals surface area contributed by atoms with Crippen molar-refractivity contribution in [1.29, 1.82) is 0 Å². The first-order chi connectivity index (χ1) is 6.24. The number of hydrogen-bond donors (Lipinski definition) is 0. The average molecular weight is 178 g/mol. The van der Waals surface area contributed by atoms with Crippen LogP contribution in [0.4, 0.5) is 4.39 Å². The van der Waals surface area contributed by atoms with Crippen LogP contribution in [0.2, 0.25) is 0 Å². The summed E-state index contributed by atoms with van der Waals surface area (Å²) in [6.45, 7) is 4.03. The van der Waals surface area contributed by atoms with E-state index in [1.807, 2.05) is 13.0 Å². The Bertz CT molecular complexity index is 261. The average Bonchev–Trinajstić information content (AvgIpc) is 2.12. The molecular formula is C12H15F. The van der Waals surface area contributed by atoms with Crippen molar-refractivity contribution in [2.75, 3.05) is 0 Å². The quantitative estimate of drug-likeness (QED) is 0.454. The highest BCUT2D eigenvalue weighted by Gasteiger charge is 1.89. The molecule has 0 fully saturated rings. The first-order valence-corrected chi connectivity index (χ1v) is 4.39. The molecular weight excluding hydrogens is 163 g/mol. The second kappa shape index (κ2) is 7.36. The fourth-order valence-corrected chi connectivity index (χ4v) is 0.927. The zero-order chi connectivity index (χ0) is 10.1. The van der Waals surface area contributed by atoms with Crippen molar-refractivity contribution >= 4 is 0 Å². The molecule has 0 heterocycles. The summed E-state index contributed by atoms with van der Waals surface area (Å²) in [6.07, 6.45) is 13.2. The van der Waals surface area contributed by atoms with Gasteiger partial charge in [-0.15, -0.1) is 6.42 Å². The van der Waals surface area contributed by atoms with Crippen molar-refractivity contribution in [2.45, 2.75) is 26.7 Å². The predicted octanol–water partition coefficient (Wildman–Crippen LogP) is 3.78. The van der Waals surface area contributed by atoms with E-state index in [1.54, 1.807) is 6.08 Å². The van der Waals surface area contributed by atoms with Crippen LogP contribution in [0.15, 0.2) is 35.7 Å². The van der Waals surface area contributed by atoms with Gasteiger partial charge in [0.1, 0.15) is 5.83 Å². The Labute approximate surface area is 79.8 Å². The van der Waals surface area contributed by atoms with Crippen molar-refractivity contribution in [1.82, 2.24) is 0 Å². The highest BCUT2D eigenvalue weighted by Crippen LogP contribution is 2.08. The molecule has 0 rings (SSSR count). The maximum absolute atomic E-state index is 12.7. The summed E-state index contributed by atoms with van der Waals surface area (Å²) in [5.41, 5.74) is 1.13. The molecule has 0 aliphatic carbocycles. The monoisotopic (exact) mass is 178 g/mol. The molecule has 1 heteroatoms. The van der Waals surface area contributed by atoms with Gasteiger partial charge in [0.2, 0.25) is 0 Å². The summed E-state index contributed by atoms with van der Waals surface area (Å²) in [7, 11) is 0. The third-order valence-corrected chi connectivity index (χ3v) is 1.59. The fraction of sp³-hybridized carbons (Fsp3) is 0.333. The smallest absolute Gasteiger partial charge is 0.131 e. The normalized spacial score (nSPS) is 13.4. The van der Waals surface area contributed by atoms with Gasteiger partial charge >= 0.3 is 0 Å². The predicted molar refractivity (Wildman–Crippen MR) is 55.8 cm³/mol. The number of allylic oxidation sites excluding steroid dienone is 6. The van der Waals surface area contributed by atoms with Crippen LogP contribution in [0.1, 0.15) is 26.7 Å². The Morgan fingerprint density at radius 3 is 2.62 bits per heavy atom. The molecule has 0 saturated heterocycles. The van der Waals surface area contributed by atoms with Gasteiger partial charge in [0.25, 0.3) is 0 Å². The summed E-state index contributed by atoms with van der Waals surface area (Å²) >= 11 is 0. The first-order valence-electron chi connectivity index (χ1n) is 4.39. The lowest BCUT2D eigenvalue weighted by molar-refractivity contribution is 0.667. The molecule has 0 aromatic rings. The van der Waals surface area contributed by atoms with Crippen molar-refractivity contribution < 1.29 is 4.39 Å². The van der Waals surface area contributed by atoms with Crippen LogP contribution in [0.5, 0.6) is 0 Å². The minimum atomic E-state index is -0.377. The summed E-state index contributed by atoms with van der Waals surface area (Å²) in [5, 5.41) is 0. The molecule has 0 aromatic heterocycles. The highest BCUT2D eigenvalue weighted by molar-refractivity contribution is 5.27. The van der Waals surface area contributed by atoms with E-state index >= 15 is 0 Å². The Balaban J connectivity index is 4.25. The Hall–Kier alpha value is -1.29. The molecule has 70 valence electrons. The summed E-state index contributed by atoms with van der Waals surface area (Å²) in [6, 6.07) is 0. The molecule has 0 nitrogen and oxygen atoms in total. The third kappa shape index (κ3) is 5.93. The third-order valence-electron chi connectivity index (χ3n) is 1.59. The SMILES string of the molecule is C#C/C=C(F)/C=C\C(=C/C)CCC. The lowest BCUT2D eigenvalue weighted by Gasteiger charge is -1.95. The lowest BCUT2D eigenvalue weighted by atomic mass is 10.1. The fourth-order valence-electron chi connectivity index (χ4n) is 0.927. The second-order valence-electron chi connectivity index (χ2n) is 2.64. The van der Waals surface area contributed by atoms with E-state index < -0.39 is 0 Å². The topological polar surface area (TPSA) is 0 Å². The molecule has 0 radical (unpaired) electrons. The van der Waals surface area contributed by atoms with E-state index in [-0.39, 0.29) is 5.83 Å². The van der Waals surface area contributed by atoms with Gasteiger partial charge in [-0.2, -0.15) is 0 Å². The Morgan fingerprint density at radius 2 is 2.15 bits per heavy atom. The van der Waals surface area contributed by atoms with E-state index in [4.69, 9.17) is 6.42 Å². The molecule has 0 saturated carbocycles. The van der Waals surface area contributed by atoms with Crippen LogP contribution in [0.25, 0.3) is 0 Å². The van der Waals surface area contributed by atoms with Gasteiger partial charge in [-0.25, -0.2) is 4.39 Å². The zero-order valence-electron chi connectivity index (χ0n) is 8.18. The Morgan fingerprint density at radius 1 is 1.46 bits per heavy atom. The van der Waals surface area contributed by atoms with Gasteiger partial charge in [0.15, 0.2) is 0 Å². The van der Waals surface area contributed by atoms with Gasteiger partial charge in [0.05, 0.1) is 0 Å². The highest BCUT2D eigenvalue weighted by atomic mass is 19.1. The van der Waals surface area contributed by atoms with E-state index in [9.17, 15) is 4.39 Å². The van der Waals surface area contributed by atoms with Gasteiger partial charge in [-0.3, -0.25) is 0 Å². The number of hydrogen-bond acceptors (Lipinski definition) is 0. The molecule has 0 atom stereocenters. The van der Waals surface area contributed by atoms with Crippen molar-refractivity contribution in [3.05, 3.63) is 35.7 Å². The van der Waals surface area contributed by atoms with Crippen LogP contribution >= 0.6 is 0 Å². The minimum absolute atomic E-state index is 0.377. The molecule has 0 aliphatic rings. The van der Waals surface area contributed by atoms with Gasteiger partial charge in [-0.1, -0.05) is 37.0 Å². The minimum Gasteiger partial charge on any atom is -0.206 e. The number of rotatable bonds is 4. The van der Waals surface area contributed by atoms with Crippen molar-refractivity contribution in [2.24, 2.45) is 0 Å². The van der Waals surface area contributed by atoms with Crippen LogP contribution < -0.4 is 0 Å². The van der Waals surface area contributed by atoms with E-state index in [2.05, 4.69) is 12.8 Å². The summed E-state index contributed by atoms with van der Waals surface area (Å²) < 4.78 is 12.7. The summed E-state index contributed by atoms with van der Waals surface area (Å²) in [4.78, 5) is 0. The second-order valence-corrected chi connectivity index (χ2v) is 2.64. The van der Waals surface area contributed by atoms with Crippen LogP contribution in [-0.4, -0.2) is 0 Å². The van der Waals surface area contributed by atoms with Crippen molar-refractivity contribution in [3.8, 4) is 12.3 Å². The summed E-state index contributed by atoms with van der Waals surface area (Å²) in [5.74, 6) is 1.76. The largest absolute Gasteiger partial charge is 0.206 e. The van der Waals surface area contributed by atoms with Crippen molar-refractivity contribution in [3.63, 3.8) is 0 Å². The lowest BCUT2D eigenvalue weighted by Crippen LogP contribution is -1.76.